The first-order valence-corrected chi connectivity index (χ1v) is 11.7. The predicted octanol–water partition coefficient (Wildman–Crippen LogP) is 3.38. The van der Waals surface area contributed by atoms with Gasteiger partial charge < -0.3 is 9.72 Å². The number of hydrogen-bond donors (Lipinski definition) is 1. The summed E-state index contributed by atoms with van der Waals surface area (Å²) in [5.74, 6) is -1.16. The largest absolute Gasteiger partial charge is 0.454 e. The molecular weight excluding hydrogens is 416 g/mol. The Morgan fingerprint density at radius 1 is 1.03 bits per heavy atom. The summed E-state index contributed by atoms with van der Waals surface area (Å²) >= 11 is 0. The van der Waals surface area contributed by atoms with Crippen LogP contribution in [0.2, 0.25) is 0 Å². The number of piperidine rings is 1. The van der Waals surface area contributed by atoms with Crippen LogP contribution in [0.1, 0.15) is 30.1 Å². The monoisotopic (exact) mass is 440 g/mol. The number of carbonyl (C=O) groups is 2. The number of aromatic nitrogens is 1. The van der Waals surface area contributed by atoms with Crippen LogP contribution in [0.25, 0.3) is 10.9 Å². The van der Waals surface area contributed by atoms with Gasteiger partial charge >= 0.3 is 5.97 Å². The number of H-pyrrole nitrogens is 1. The second-order valence-corrected chi connectivity index (χ2v) is 9.62. The molecule has 1 saturated heterocycles. The van der Waals surface area contributed by atoms with E-state index < -0.39 is 28.0 Å². The molecule has 162 valence electrons. The van der Waals surface area contributed by atoms with Crippen LogP contribution in [0.3, 0.4) is 0 Å². The minimum Gasteiger partial charge on any atom is -0.454 e. The van der Waals surface area contributed by atoms with E-state index in [0.717, 1.165) is 10.9 Å². The first-order valence-electron chi connectivity index (χ1n) is 10.2. The smallest absolute Gasteiger partial charge is 0.309 e. The van der Waals surface area contributed by atoms with Gasteiger partial charge in [-0.05, 0) is 38.0 Å². The fraction of sp³-hybridized carbons (Fsp3) is 0.304. The molecule has 4 rings (SSSR count). The highest BCUT2D eigenvalue weighted by Crippen LogP contribution is 2.26. The van der Waals surface area contributed by atoms with Gasteiger partial charge in [-0.1, -0.05) is 36.4 Å². The Balaban J connectivity index is 1.36. The summed E-state index contributed by atoms with van der Waals surface area (Å²) in [5.41, 5.74) is 1.33. The van der Waals surface area contributed by atoms with Crippen molar-refractivity contribution in [2.45, 2.75) is 30.8 Å². The van der Waals surface area contributed by atoms with Crippen LogP contribution in [-0.2, 0) is 19.6 Å². The zero-order valence-electron chi connectivity index (χ0n) is 17.2. The summed E-state index contributed by atoms with van der Waals surface area (Å²) < 4.78 is 32.3. The Kier molecular flexibility index (Phi) is 5.93. The highest BCUT2D eigenvalue weighted by atomic mass is 32.2. The van der Waals surface area contributed by atoms with Gasteiger partial charge in [0.05, 0.1) is 10.8 Å². The number of rotatable bonds is 6. The van der Waals surface area contributed by atoms with Crippen LogP contribution in [-0.4, -0.2) is 48.7 Å². The zero-order chi connectivity index (χ0) is 22.0. The Morgan fingerprint density at radius 2 is 1.68 bits per heavy atom. The number of fused-ring (bicyclic) bond motifs is 1. The average Bonchev–Trinajstić information content (AvgIpc) is 3.23. The molecule has 7 nitrogen and oxygen atoms in total. The van der Waals surface area contributed by atoms with Crippen molar-refractivity contribution in [3.8, 4) is 0 Å². The maximum absolute atomic E-state index is 12.8. The van der Waals surface area contributed by atoms with E-state index in [4.69, 9.17) is 4.74 Å². The average molecular weight is 441 g/mol. The lowest BCUT2D eigenvalue weighted by molar-refractivity contribution is -0.152. The van der Waals surface area contributed by atoms with Gasteiger partial charge in [0, 0.05) is 35.8 Å². The molecule has 0 amide bonds. The first-order chi connectivity index (χ1) is 14.9. The molecule has 0 unspecified atom stereocenters. The van der Waals surface area contributed by atoms with Crippen LogP contribution >= 0.6 is 0 Å². The second-order valence-electron chi connectivity index (χ2n) is 7.68. The van der Waals surface area contributed by atoms with Crippen LogP contribution in [0.15, 0.2) is 65.7 Å². The van der Waals surface area contributed by atoms with Gasteiger partial charge in [-0.25, -0.2) is 8.42 Å². The maximum atomic E-state index is 12.8. The molecule has 0 saturated carbocycles. The fourth-order valence-electron chi connectivity index (χ4n) is 3.89. The molecule has 3 aromatic rings. The molecule has 0 radical (unpaired) electrons. The fourth-order valence-corrected chi connectivity index (χ4v) is 5.38. The maximum Gasteiger partial charge on any atom is 0.309 e. The first kappa shape index (κ1) is 21.3. The molecule has 1 aromatic heterocycles. The van der Waals surface area contributed by atoms with E-state index in [0.29, 0.717) is 18.4 Å². The van der Waals surface area contributed by atoms with Gasteiger partial charge in [-0.15, -0.1) is 0 Å². The number of nitrogens with zero attached hydrogens (tertiary/aromatic N) is 1. The number of esters is 1. The summed E-state index contributed by atoms with van der Waals surface area (Å²) in [7, 11) is -3.57. The molecular formula is C23H24N2O5S. The highest BCUT2D eigenvalue weighted by Gasteiger charge is 2.34. The molecule has 1 fully saturated rings. The third kappa shape index (κ3) is 4.26. The van der Waals surface area contributed by atoms with Crippen molar-refractivity contribution >= 4 is 32.7 Å². The van der Waals surface area contributed by atoms with E-state index in [9.17, 15) is 18.0 Å². The van der Waals surface area contributed by atoms with E-state index in [1.54, 1.807) is 43.5 Å². The molecule has 0 aliphatic carbocycles. The van der Waals surface area contributed by atoms with Crippen molar-refractivity contribution in [1.82, 2.24) is 9.29 Å². The minimum atomic E-state index is -3.57. The number of nitrogens with one attached hydrogen (secondary N) is 1. The third-order valence-corrected chi connectivity index (χ3v) is 7.60. The van der Waals surface area contributed by atoms with Crippen LogP contribution < -0.4 is 0 Å². The summed E-state index contributed by atoms with van der Waals surface area (Å²) in [5, 5.41) is 0.787. The molecule has 31 heavy (non-hydrogen) atoms. The van der Waals surface area contributed by atoms with Crippen molar-refractivity contribution in [1.29, 1.82) is 0 Å². The zero-order valence-corrected chi connectivity index (χ0v) is 18.0. The molecule has 2 aromatic carbocycles. The molecule has 1 N–H and O–H groups in total. The molecule has 0 bridgehead atoms. The van der Waals surface area contributed by atoms with Gasteiger partial charge in [0.2, 0.25) is 15.8 Å². The molecule has 0 spiro atoms. The molecule has 1 atom stereocenters. The normalized spacial score (nSPS) is 16.8. The second kappa shape index (κ2) is 8.64. The summed E-state index contributed by atoms with van der Waals surface area (Å²) in [6.07, 6.45) is 1.43. The van der Waals surface area contributed by atoms with Gasteiger partial charge in [-0.3, -0.25) is 9.59 Å². The van der Waals surface area contributed by atoms with Gasteiger partial charge in [0.15, 0.2) is 6.10 Å². The van der Waals surface area contributed by atoms with Crippen molar-refractivity contribution < 1.29 is 22.7 Å². The number of ketones is 1. The lowest BCUT2D eigenvalue weighted by Gasteiger charge is -2.30. The van der Waals surface area contributed by atoms with Gasteiger partial charge in [-0.2, -0.15) is 4.31 Å². The number of aromatic amines is 1. The standard InChI is InChI=1S/C23H24N2O5S/c1-16(22(26)20-15-24-21-10-6-5-9-19(20)21)30-23(27)17-11-13-25(14-12-17)31(28,29)18-7-3-2-4-8-18/h2-10,15-17,24H,11-14H2,1H3/t16-/m0/s1. The number of hydrogen-bond acceptors (Lipinski definition) is 5. The predicted molar refractivity (Wildman–Crippen MR) is 116 cm³/mol. The Morgan fingerprint density at radius 3 is 2.39 bits per heavy atom. The highest BCUT2D eigenvalue weighted by molar-refractivity contribution is 7.89. The van der Waals surface area contributed by atoms with Gasteiger partial charge in [0.25, 0.3) is 0 Å². The lowest BCUT2D eigenvalue weighted by Crippen LogP contribution is -2.41. The van der Waals surface area contributed by atoms with Crippen LogP contribution in [0.5, 0.6) is 0 Å². The Hall–Kier alpha value is -2.97. The SMILES string of the molecule is C[C@H](OC(=O)C1CCN(S(=O)(=O)c2ccccc2)CC1)C(=O)c1c[nH]c2ccccc12. The van der Waals surface area contributed by atoms with Crippen LogP contribution in [0, 0.1) is 5.92 Å². The van der Waals surface area contributed by atoms with E-state index in [2.05, 4.69) is 4.98 Å². The number of carbonyl (C=O) groups excluding carboxylic acids is 2. The molecule has 2 heterocycles. The van der Waals surface area contributed by atoms with Crippen molar-refractivity contribution in [2.75, 3.05) is 13.1 Å². The number of para-hydroxylation sites is 1. The molecule has 1 aliphatic heterocycles. The topological polar surface area (TPSA) is 96.5 Å². The number of benzene rings is 2. The van der Waals surface area contributed by atoms with Gasteiger partial charge in [0.1, 0.15) is 0 Å². The third-order valence-electron chi connectivity index (χ3n) is 5.69. The molecule has 1 aliphatic rings. The Labute approximate surface area is 181 Å². The summed E-state index contributed by atoms with van der Waals surface area (Å²) in [4.78, 5) is 28.7. The number of ether oxygens (including phenoxy) is 1. The van der Waals surface area contributed by atoms with E-state index >= 15 is 0 Å². The van der Waals surface area contributed by atoms with E-state index in [1.165, 1.54) is 4.31 Å². The van der Waals surface area contributed by atoms with Crippen molar-refractivity contribution in [2.24, 2.45) is 5.92 Å². The summed E-state index contributed by atoms with van der Waals surface area (Å²) in [6, 6.07) is 15.7. The quantitative estimate of drug-likeness (QED) is 0.468. The number of sulfonamides is 1. The minimum absolute atomic E-state index is 0.238. The molecule has 8 heteroatoms. The number of Topliss-reactive ketones (excluding diaryl/α,β-unsaturated/α-hetero) is 1. The Bertz CT molecular complexity index is 1190. The van der Waals surface area contributed by atoms with Crippen LogP contribution in [0.4, 0.5) is 0 Å². The van der Waals surface area contributed by atoms with Crippen molar-refractivity contribution in [3.63, 3.8) is 0 Å². The van der Waals surface area contributed by atoms with Crippen molar-refractivity contribution in [3.05, 3.63) is 66.4 Å². The summed E-state index contributed by atoms with van der Waals surface area (Å²) in [6.45, 7) is 2.04. The lowest BCUT2D eigenvalue weighted by atomic mass is 9.98. The van der Waals surface area contributed by atoms with E-state index in [-0.39, 0.29) is 23.8 Å². The van der Waals surface area contributed by atoms with E-state index in [1.807, 2.05) is 24.3 Å².